The number of nitrogens with zero attached hydrogens (tertiary/aromatic N) is 1. The van der Waals surface area contributed by atoms with Gasteiger partial charge in [0.15, 0.2) is 5.89 Å². The molecular formula is C15H11NO2. The molecule has 0 saturated carbocycles. The number of hydrogen-bond donors (Lipinski definition) is 0. The van der Waals surface area contributed by atoms with E-state index in [-0.39, 0.29) is 5.78 Å². The Bertz CT molecular complexity index is 723. The molecule has 0 unspecified atom stereocenters. The molecule has 0 radical (unpaired) electrons. The quantitative estimate of drug-likeness (QED) is 0.642. The second-order valence-electron chi connectivity index (χ2n) is 4.11. The van der Waals surface area contributed by atoms with Crippen LogP contribution in [0.3, 0.4) is 0 Å². The van der Waals surface area contributed by atoms with E-state index in [0.717, 1.165) is 10.8 Å². The Hall–Kier alpha value is -2.42. The number of oxazole rings is 1. The minimum absolute atomic E-state index is 0.108. The van der Waals surface area contributed by atoms with Crippen molar-refractivity contribution in [1.82, 2.24) is 4.98 Å². The fourth-order valence-corrected chi connectivity index (χ4v) is 2.03. The average molecular weight is 237 g/mol. The number of fused-ring (bicyclic) bond motifs is 1. The lowest BCUT2D eigenvalue weighted by atomic mass is 10.0. The Kier molecular flexibility index (Phi) is 2.45. The molecule has 18 heavy (non-hydrogen) atoms. The summed E-state index contributed by atoms with van der Waals surface area (Å²) in [5.74, 6) is 0.391. The van der Waals surface area contributed by atoms with Crippen LogP contribution in [0.4, 0.5) is 0 Å². The number of hydrogen-bond acceptors (Lipinski definition) is 3. The maximum Gasteiger partial charge on any atom is 0.215 e. The van der Waals surface area contributed by atoms with E-state index in [4.69, 9.17) is 4.42 Å². The summed E-state index contributed by atoms with van der Waals surface area (Å²) in [7, 11) is 0. The molecule has 3 nitrogen and oxygen atoms in total. The van der Waals surface area contributed by atoms with Crippen molar-refractivity contribution in [2.24, 2.45) is 0 Å². The van der Waals surface area contributed by atoms with Gasteiger partial charge < -0.3 is 4.42 Å². The molecule has 3 heteroatoms. The maximum absolute atomic E-state index is 12.4. The summed E-state index contributed by atoms with van der Waals surface area (Å²) in [5.41, 5.74) is 1.00. The van der Waals surface area contributed by atoms with Gasteiger partial charge in [-0.1, -0.05) is 42.5 Å². The molecule has 0 aliphatic carbocycles. The Morgan fingerprint density at radius 2 is 1.89 bits per heavy atom. The molecule has 3 aromatic rings. The summed E-state index contributed by atoms with van der Waals surface area (Å²) in [6.07, 6.45) is 1.40. The largest absolute Gasteiger partial charge is 0.449 e. The van der Waals surface area contributed by atoms with E-state index < -0.39 is 0 Å². The zero-order chi connectivity index (χ0) is 12.5. The van der Waals surface area contributed by atoms with Crippen LogP contribution in [-0.2, 0) is 0 Å². The molecular weight excluding hydrogens is 226 g/mol. The van der Waals surface area contributed by atoms with Gasteiger partial charge in [-0.2, -0.15) is 0 Å². The summed E-state index contributed by atoms with van der Waals surface area (Å²) < 4.78 is 5.09. The highest BCUT2D eigenvalue weighted by atomic mass is 16.3. The fraction of sp³-hybridized carbons (Fsp3) is 0.0667. The summed E-state index contributed by atoms with van der Waals surface area (Å²) in [5, 5.41) is 1.98. The molecule has 0 bridgehead atoms. The van der Waals surface area contributed by atoms with E-state index in [2.05, 4.69) is 4.98 Å². The predicted octanol–water partition coefficient (Wildman–Crippen LogP) is 3.37. The van der Waals surface area contributed by atoms with Gasteiger partial charge >= 0.3 is 0 Å². The van der Waals surface area contributed by atoms with Crippen molar-refractivity contribution < 1.29 is 9.21 Å². The highest BCUT2D eigenvalue weighted by Crippen LogP contribution is 2.21. The Morgan fingerprint density at radius 3 is 2.67 bits per heavy atom. The highest BCUT2D eigenvalue weighted by molar-refractivity contribution is 6.15. The molecule has 2 aromatic carbocycles. The molecule has 0 aliphatic heterocycles. The first kappa shape index (κ1) is 10.7. The van der Waals surface area contributed by atoms with Gasteiger partial charge in [-0.25, -0.2) is 4.98 Å². The van der Waals surface area contributed by atoms with Crippen LogP contribution in [0.15, 0.2) is 53.1 Å². The lowest BCUT2D eigenvalue weighted by Crippen LogP contribution is -2.02. The van der Waals surface area contributed by atoms with Gasteiger partial charge in [-0.15, -0.1) is 0 Å². The fourth-order valence-electron chi connectivity index (χ4n) is 2.03. The minimum atomic E-state index is -0.108. The van der Waals surface area contributed by atoms with Crippen molar-refractivity contribution >= 4 is 16.6 Å². The van der Waals surface area contributed by atoms with Crippen molar-refractivity contribution in [2.45, 2.75) is 6.92 Å². The van der Waals surface area contributed by atoms with Crippen LogP contribution < -0.4 is 0 Å². The molecule has 0 N–H and O–H groups in total. The van der Waals surface area contributed by atoms with E-state index >= 15 is 0 Å². The first-order valence-corrected chi connectivity index (χ1v) is 5.70. The van der Waals surface area contributed by atoms with E-state index in [0.29, 0.717) is 17.1 Å². The summed E-state index contributed by atoms with van der Waals surface area (Å²) in [4.78, 5) is 16.4. The molecule has 1 aromatic heterocycles. The maximum atomic E-state index is 12.4. The normalized spacial score (nSPS) is 10.7. The van der Waals surface area contributed by atoms with Gasteiger partial charge in [-0.3, -0.25) is 4.79 Å². The molecule has 3 rings (SSSR count). The summed E-state index contributed by atoms with van der Waals surface area (Å²) >= 11 is 0. The van der Waals surface area contributed by atoms with E-state index in [1.54, 1.807) is 6.92 Å². The van der Waals surface area contributed by atoms with Crippen LogP contribution in [-0.4, -0.2) is 10.8 Å². The average Bonchev–Trinajstić information content (AvgIpc) is 2.84. The second kappa shape index (κ2) is 4.11. The molecule has 1 heterocycles. The van der Waals surface area contributed by atoms with E-state index in [1.165, 1.54) is 6.26 Å². The number of carbonyl (C=O) groups is 1. The SMILES string of the molecule is Cc1nc(C(=O)c2cccc3ccccc23)co1. The number of rotatable bonds is 2. The number of ketones is 1. The Labute approximate surface area is 104 Å². The van der Waals surface area contributed by atoms with Crippen LogP contribution in [0.2, 0.25) is 0 Å². The first-order chi connectivity index (χ1) is 8.75. The summed E-state index contributed by atoms with van der Waals surface area (Å²) in [6.45, 7) is 1.72. The molecule has 88 valence electrons. The van der Waals surface area contributed by atoms with Crippen LogP contribution in [0.1, 0.15) is 21.9 Å². The molecule has 0 fully saturated rings. The third-order valence-corrected chi connectivity index (χ3v) is 2.89. The molecule has 0 atom stereocenters. The Balaban J connectivity index is 2.17. The van der Waals surface area contributed by atoms with Gasteiger partial charge in [0, 0.05) is 12.5 Å². The van der Waals surface area contributed by atoms with Crippen molar-refractivity contribution in [3.8, 4) is 0 Å². The zero-order valence-corrected chi connectivity index (χ0v) is 9.88. The van der Waals surface area contributed by atoms with Crippen molar-refractivity contribution in [2.75, 3.05) is 0 Å². The van der Waals surface area contributed by atoms with Crippen LogP contribution in [0.25, 0.3) is 10.8 Å². The number of benzene rings is 2. The standard InChI is InChI=1S/C15H11NO2/c1-10-16-14(9-18-10)15(17)13-8-4-6-11-5-2-3-7-12(11)13/h2-9H,1H3. The number of carbonyl (C=O) groups excluding carboxylic acids is 1. The lowest BCUT2D eigenvalue weighted by Gasteiger charge is -2.03. The molecule has 0 saturated heterocycles. The van der Waals surface area contributed by atoms with E-state index in [1.807, 2.05) is 42.5 Å². The first-order valence-electron chi connectivity index (χ1n) is 5.70. The second-order valence-corrected chi connectivity index (χ2v) is 4.11. The van der Waals surface area contributed by atoms with Gasteiger partial charge in [0.1, 0.15) is 12.0 Å². The topological polar surface area (TPSA) is 43.1 Å². The van der Waals surface area contributed by atoms with Gasteiger partial charge in [0.05, 0.1) is 0 Å². The molecule has 0 aliphatic rings. The monoisotopic (exact) mass is 237 g/mol. The highest BCUT2D eigenvalue weighted by Gasteiger charge is 2.15. The number of aromatic nitrogens is 1. The van der Waals surface area contributed by atoms with E-state index in [9.17, 15) is 4.79 Å². The van der Waals surface area contributed by atoms with Crippen molar-refractivity contribution in [3.05, 3.63) is 65.9 Å². The van der Waals surface area contributed by atoms with Crippen LogP contribution >= 0.6 is 0 Å². The smallest absolute Gasteiger partial charge is 0.215 e. The lowest BCUT2D eigenvalue weighted by molar-refractivity contribution is 0.103. The van der Waals surface area contributed by atoms with Crippen molar-refractivity contribution in [1.29, 1.82) is 0 Å². The Morgan fingerprint density at radius 1 is 1.11 bits per heavy atom. The minimum Gasteiger partial charge on any atom is -0.449 e. The van der Waals surface area contributed by atoms with Crippen LogP contribution in [0.5, 0.6) is 0 Å². The molecule has 0 spiro atoms. The van der Waals surface area contributed by atoms with Gasteiger partial charge in [0.25, 0.3) is 0 Å². The predicted molar refractivity (Wildman–Crippen MR) is 68.6 cm³/mol. The third kappa shape index (κ3) is 1.70. The third-order valence-electron chi connectivity index (χ3n) is 2.89. The van der Waals surface area contributed by atoms with Crippen LogP contribution in [0, 0.1) is 6.92 Å². The van der Waals surface area contributed by atoms with Gasteiger partial charge in [-0.05, 0) is 10.8 Å². The van der Waals surface area contributed by atoms with Gasteiger partial charge in [0.2, 0.25) is 5.78 Å². The summed E-state index contributed by atoms with van der Waals surface area (Å²) in [6, 6.07) is 13.5. The van der Waals surface area contributed by atoms with Crippen molar-refractivity contribution in [3.63, 3.8) is 0 Å². The number of aryl methyl sites for hydroxylation is 1. The zero-order valence-electron chi connectivity index (χ0n) is 9.88. The molecule has 0 amide bonds.